The number of benzene rings is 1. The molecule has 0 saturated carbocycles. The summed E-state index contributed by atoms with van der Waals surface area (Å²) in [6.45, 7) is 4.43. The molecule has 0 bridgehead atoms. The zero-order valence-electron chi connectivity index (χ0n) is 11.6. The van der Waals surface area contributed by atoms with Gasteiger partial charge in [-0.25, -0.2) is 0 Å². The highest BCUT2D eigenvalue weighted by atomic mass is 19.4. The van der Waals surface area contributed by atoms with Gasteiger partial charge in [0.1, 0.15) is 5.69 Å². The predicted octanol–water partition coefficient (Wildman–Crippen LogP) is 3.23. The van der Waals surface area contributed by atoms with Crippen LogP contribution in [0.3, 0.4) is 0 Å². The van der Waals surface area contributed by atoms with E-state index in [1.54, 1.807) is 4.90 Å². The highest BCUT2D eigenvalue weighted by Gasteiger charge is 2.34. The van der Waals surface area contributed by atoms with Crippen LogP contribution in [0.1, 0.15) is 19.4 Å². The minimum Gasteiger partial charge on any atom is -0.372 e. The minimum atomic E-state index is -4.60. The number of nitro benzene ring substituents is 1. The molecular formula is C13H15F3N2O3. The van der Waals surface area contributed by atoms with E-state index in [2.05, 4.69) is 0 Å². The Bertz CT molecular complexity index is 538. The number of hydrogen-bond donors (Lipinski definition) is 0. The van der Waals surface area contributed by atoms with Crippen LogP contribution in [0.2, 0.25) is 0 Å². The second kappa shape index (κ2) is 5.51. The van der Waals surface area contributed by atoms with E-state index in [1.165, 1.54) is 0 Å². The maximum Gasteiger partial charge on any atom is 0.416 e. The first-order valence-corrected chi connectivity index (χ1v) is 6.44. The van der Waals surface area contributed by atoms with E-state index in [-0.39, 0.29) is 17.9 Å². The van der Waals surface area contributed by atoms with E-state index in [4.69, 9.17) is 4.74 Å². The van der Waals surface area contributed by atoms with Crippen LogP contribution in [0.4, 0.5) is 24.5 Å². The molecule has 0 aliphatic carbocycles. The molecule has 1 aliphatic rings. The van der Waals surface area contributed by atoms with E-state index in [9.17, 15) is 23.3 Å². The van der Waals surface area contributed by atoms with Gasteiger partial charge in [0.25, 0.3) is 5.69 Å². The third-order valence-electron chi connectivity index (χ3n) is 3.26. The van der Waals surface area contributed by atoms with Crippen LogP contribution >= 0.6 is 0 Å². The Balaban J connectivity index is 2.41. The smallest absolute Gasteiger partial charge is 0.372 e. The van der Waals surface area contributed by atoms with Crippen molar-refractivity contribution < 1.29 is 22.8 Å². The van der Waals surface area contributed by atoms with Crippen LogP contribution in [-0.4, -0.2) is 30.2 Å². The fraction of sp³-hybridized carbons (Fsp3) is 0.538. The molecular weight excluding hydrogens is 289 g/mol. The topological polar surface area (TPSA) is 55.6 Å². The first-order valence-electron chi connectivity index (χ1n) is 6.44. The molecule has 0 N–H and O–H groups in total. The molecule has 0 aromatic heterocycles. The van der Waals surface area contributed by atoms with Crippen molar-refractivity contribution in [1.82, 2.24) is 0 Å². The zero-order valence-corrected chi connectivity index (χ0v) is 11.6. The summed E-state index contributed by atoms with van der Waals surface area (Å²) < 4.78 is 43.5. The van der Waals surface area contributed by atoms with E-state index < -0.39 is 22.4 Å². The van der Waals surface area contributed by atoms with Crippen LogP contribution in [-0.2, 0) is 10.9 Å². The van der Waals surface area contributed by atoms with Gasteiger partial charge in [0, 0.05) is 19.2 Å². The number of morpholine rings is 1. The quantitative estimate of drug-likeness (QED) is 0.622. The average Bonchev–Trinajstić information content (AvgIpc) is 2.35. The summed E-state index contributed by atoms with van der Waals surface area (Å²) in [7, 11) is 0. The Hall–Kier alpha value is -1.83. The summed E-state index contributed by atoms with van der Waals surface area (Å²) in [5, 5.41) is 11.1. The summed E-state index contributed by atoms with van der Waals surface area (Å²) >= 11 is 0. The Morgan fingerprint density at radius 3 is 2.33 bits per heavy atom. The summed E-state index contributed by atoms with van der Waals surface area (Å²) in [4.78, 5) is 12.0. The molecule has 1 aliphatic heterocycles. The highest BCUT2D eigenvalue weighted by Crippen LogP contribution is 2.37. The van der Waals surface area contributed by atoms with Gasteiger partial charge in [0.05, 0.1) is 22.7 Å². The van der Waals surface area contributed by atoms with Gasteiger partial charge in [-0.3, -0.25) is 10.1 Å². The van der Waals surface area contributed by atoms with Gasteiger partial charge in [-0.05, 0) is 26.0 Å². The van der Waals surface area contributed by atoms with Crippen LogP contribution in [0.5, 0.6) is 0 Å². The lowest BCUT2D eigenvalue weighted by Gasteiger charge is -2.36. The van der Waals surface area contributed by atoms with Crippen LogP contribution in [0.25, 0.3) is 0 Å². The molecule has 1 fully saturated rings. The second-order valence-corrected chi connectivity index (χ2v) is 5.12. The normalized spacial score (nSPS) is 23.2. The molecule has 21 heavy (non-hydrogen) atoms. The van der Waals surface area contributed by atoms with Crippen molar-refractivity contribution >= 4 is 11.4 Å². The van der Waals surface area contributed by atoms with Gasteiger partial charge in [-0.1, -0.05) is 0 Å². The molecule has 2 rings (SSSR count). The summed E-state index contributed by atoms with van der Waals surface area (Å²) in [6, 6.07) is 2.61. The third kappa shape index (κ3) is 3.44. The van der Waals surface area contributed by atoms with Crippen molar-refractivity contribution in [1.29, 1.82) is 0 Å². The van der Waals surface area contributed by atoms with Gasteiger partial charge in [-0.15, -0.1) is 0 Å². The lowest BCUT2D eigenvalue weighted by molar-refractivity contribution is -0.384. The van der Waals surface area contributed by atoms with Crippen LogP contribution in [0.15, 0.2) is 18.2 Å². The molecule has 1 aromatic carbocycles. The van der Waals surface area contributed by atoms with E-state index >= 15 is 0 Å². The van der Waals surface area contributed by atoms with Crippen LogP contribution in [0, 0.1) is 10.1 Å². The maximum absolute atomic E-state index is 12.7. The summed E-state index contributed by atoms with van der Waals surface area (Å²) in [6.07, 6.45) is -4.89. The van der Waals surface area contributed by atoms with Crippen molar-refractivity contribution in [3.8, 4) is 0 Å². The lowest BCUT2D eigenvalue weighted by Crippen LogP contribution is -2.45. The van der Waals surface area contributed by atoms with Gasteiger partial charge >= 0.3 is 6.18 Å². The highest BCUT2D eigenvalue weighted by molar-refractivity contribution is 5.65. The fourth-order valence-electron chi connectivity index (χ4n) is 2.49. The summed E-state index contributed by atoms with van der Waals surface area (Å²) in [5.41, 5.74) is -1.37. The van der Waals surface area contributed by atoms with Gasteiger partial charge in [-0.2, -0.15) is 13.2 Å². The molecule has 1 aromatic rings. The average molecular weight is 304 g/mol. The fourth-order valence-corrected chi connectivity index (χ4v) is 2.49. The molecule has 0 radical (unpaired) electrons. The number of anilines is 1. The number of ether oxygens (including phenoxy) is 1. The Kier molecular flexibility index (Phi) is 4.08. The zero-order chi connectivity index (χ0) is 15.8. The standard InChI is InChI=1S/C13H15F3N2O3/c1-8-6-17(7-9(2)21-8)11-4-3-10(13(14,15)16)5-12(11)18(19)20/h3-5,8-9H,6-7H2,1-2H3/t8-,9-/m0/s1. The number of alkyl halides is 3. The number of nitrogens with zero attached hydrogens (tertiary/aromatic N) is 2. The Morgan fingerprint density at radius 2 is 1.86 bits per heavy atom. The van der Waals surface area contributed by atoms with Gasteiger partial charge in [0.2, 0.25) is 0 Å². The van der Waals surface area contributed by atoms with E-state index in [0.717, 1.165) is 12.1 Å². The molecule has 5 nitrogen and oxygen atoms in total. The number of rotatable bonds is 2. The molecule has 2 atom stereocenters. The van der Waals surface area contributed by atoms with E-state index in [0.29, 0.717) is 19.2 Å². The third-order valence-corrected chi connectivity index (χ3v) is 3.26. The second-order valence-electron chi connectivity index (χ2n) is 5.12. The number of nitro groups is 1. The van der Waals surface area contributed by atoms with Crippen molar-refractivity contribution in [2.45, 2.75) is 32.2 Å². The molecule has 8 heteroatoms. The SMILES string of the molecule is C[C@H]1CN(c2ccc(C(F)(F)F)cc2[N+](=O)[O-])C[C@H](C)O1. The van der Waals surface area contributed by atoms with Crippen molar-refractivity contribution in [2.75, 3.05) is 18.0 Å². The van der Waals surface area contributed by atoms with Crippen molar-refractivity contribution in [3.05, 3.63) is 33.9 Å². The number of halogens is 3. The van der Waals surface area contributed by atoms with Gasteiger partial charge in [0.15, 0.2) is 0 Å². The molecule has 0 unspecified atom stereocenters. The molecule has 1 heterocycles. The van der Waals surface area contributed by atoms with Crippen molar-refractivity contribution in [3.63, 3.8) is 0 Å². The molecule has 0 spiro atoms. The van der Waals surface area contributed by atoms with E-state index in [1.807, 2.05) is 13.8 Å². The molecule has 116 valence electrons. The Labute approximate surface area is 119 Å². The molecule has 0 amide bonds. The lowest BCUT2D eigenvalue weighted by atomic mass is 10.1. The first kappa shape index (κ1) is 15.6. The predicted molar refractivity (Wildman–Crippen MR) is 70.3 cm³/mol. The molecule has 1 saturated heterocycles. The van der Waals surface area contributed by atoms with Crippen LogP contribution < -0.4 is 4.90 Å². The number of hydrogen-bond acceptors (Lipinski definition) is 4. The summed E-state index contributed by atoms with van der Waals surface area (Å²) in [5.74, 6) is 0. The minimum absolute atomic E-state index is 0.143. The van der Waals surface area contributed by atoms with Crippen molar-refractivity contribution in [2.24, 2.45) is 0 Å². The van der Waals surface area contributed by atoms with Gasteiger partial charge < -0.3 is 9.64 Å². The first-order chi connectivity index (χ1) is 9.68. The largest absolute Gasteiger partial charge is 0.416 e. The monoisotopic (exact) mass is 304 g/mol. The maximum atomic E-state index is 12.7. The Morgan fingerprint density at radius 1 is 1.29 bits per heavy atom.